The number of rotatable bonds is 6. The van der Waals surface area contributed by atoms with E-state index in [0.29, 0.717) is 18.1 Å². The van der Waals surface area contributed by atoms with Crippen LogP contribution < -0.4 is 15.2 Å². The maximum absolute atomic E-state index is 5.86. The zero-order chi connectivity index (χ0) is 14.4. The van der Waals surface area contributed by atoms with Crippen molar-refractivity contribution in [2.75, 3.05) is 6.61 Å². The van der Waals surface area contributed by atoms with Crippen LogP contribution in [0, 0.1) is 0 Å². The van der Waals surface area contributed by atoms with Crippen LogP contribution in [0.15, 0.2) is 42.7 Å². The standard InChI is InChI=1S/C16H20N2O2/c1-3-19-15-6-4-5-7-16(15)20-14-9-13(8-12(2)17)10-18-11-14/h4-7,9-12H,3,8,17H2,1-2H3. The van der Waals surface area contributed by atoms with Crippen LogP contribution in [-0.2, 0) is 6.42 Å². The number of hydrogen-bond donors (Lipinski definition) is 1. The number of benzene rings is 1. The van der Waals surface area contributed by atoms with Gasteiger partial charge < -0.3 is 15.2 Å². The summed E-state index contributed by atoms with van der Waals surface area (Å²) in [5, 5.41) is 0. The molecule has 0 bridgehead atoms. The smallest absolute Gasteiger partial charge is 0.169 e. The number of aromatic nitrogens is 1. The molecule has 0 saturated heterocycles. The third kappa shape index (κ3) is 3.96. The molecule has 0 aliphatic heterocycles. The molecular formula is C16H20N2O2. The molecule has 1 aromatic carbocycles. The van der Waals surface area contributed by atoms with Crippen LogP contribution in [0.2, 0.25) is 0 Å². The number of hydrogen-bond acceptors (Lipinski definition) is 4. The Labute approximate surface area is 119 Å². The van der Waals surface area contributed by atoms with E-state index in [1.807, 2.05) is 50.4 Å². The van der Waals surface area contributed by atoms with E-state index in [1.165, 1.54) is 0 Å². The van der Waals surface area contributed by atoms with Gasteiger partial charge >= 0.3 is 0 Å². The minimum Gasteiger partial charge on any atom is -0.490 e. The third-order valence-corrected chi connectivity index (χ3v) is 2.70. The summed E-state index contributed by atoms with van der Waals surface area (Å²) in [6, 6.07) is 9.66. The van der Waals surface area contributed by atoms with E-state index in [2.05, 4.69) is 4.98 Å². The highest BCUT2D eigenvalue weighted by Crippen LogP contribution is 2.31. The average molecular weight is 272 g/mol. The highest BCUT2D eigenvalue weighted by molar-refractivity contribution is 5.42. The summed E-state index contributed by atoms with van der Waals surface area (Å²) < 4.78 is 11.4. The molecule has 2 aromatic rings. The van der Waals surface area contributed by atoms with Gasteiger partial charge in [-0.25, -0.2) is 0 Å². The van der Waals surface area contributed by atoms with Crippen LogP contribution in [0.4, 0.5) is 0 Å². The summed E-state index contributed by atoms with van der Waals surface area (Å²) in [5.41, 5.74) is 6.86. The lowest BCUT2D eigenvalue weighted by atomic mass is 10.1. The highest BCUT2D eigenvalue weighted by atomic mass is 16.5. The van der Waals surface area contributed by atoms with E-state index in [9.17, 15) is 0 Å². The van der Waals surface area contributed by atoms with Gasteiger partial charge in [0.25, 0.3) is 0 Å². The van der Waals surface area contributed by atoms with Crippen LogP contribution in [0.25, 0.3) is 0 Å². The lowest BCUT2D eigenvalue weighted by molar-refractivity contribution is 0.321. The summed E-state index contributed by atoms with van der Waals surface area (Å²) in [6.45, 7) is 4.52. The minimum absolute atomic E-state index is 0.0998. The topological polar surface area (TPSA) is 57.4 Å². The van der Waals surface area contributed by atoms with Crippen LogP contribution in [0.1, 0.15) is 19.4 Å². The van der Waals surface area contributed by atoms with Crippen molar-refractivity contribution in [2.45, 2.75) is 26.3 Å². The van der Waals surface area contributed by atoms with Crippen molar-refractivity contribution in [1.82, 2.24) is 4.98 Å². The second kappa shape index (κ2) is 6.91. The largest absolute Gasteiger partial charge is 0.490 e. The first kappa shape index (κ1) is 14.3. The van der Waals surface area contributed by atoms with Gasteiger partial charge in [0, 0.05) is 12.2 Å². The quantitative estimate of drug-likeness (QED) is 0.877. The Morgan fingerprint density at radius 1 is 1.20 bits per heavy atom. The Morgan fingerprint density at radius 2 is 1.95 bits per heavy atom. The van der Waals surface area contributed by atoms with Gasteiger partial charge in [-0.15, -0.1) is 0 Å². The molecule has 106 valence electrons. The molecule has 2 rings (SSSR count). The molecule has 0 amide bonds. The van der Waals surface area contributed by atoms with E-state index in [-0.39, 0.29) is 6.04 Å². The molecule has 0 aliphatic carbocycles. The SMILES string of the molecule is CCOc1ccccc1Oc1cncc(CC(C)N)c1. The van der Waals surface area contributed by atoms with Crippen molar-refractivity contribution in [3.05, 3.63) is 48.3 Å². The molecular weight excluding hydrogens is 252 g/mol. The van der Waals surface area contributed by atoms with E-state index in [4.69, 9.17) is 15.2 Å². The molecule has 0 saturated carbocycles. The molecule has 0 radical (unpaired) electrons. The Kier molecular flexibility index (Phi) is 4.96. The van der Waals surface area contributed by atoms with Crippen LogP contribution >= 0.6 is 0 Å². The number of nitrogens with two attached hydrogens (primary N) is 1. The lowest BCUT2D eigenvalue weighted by Crippen LogP contribution is -2.17. The van der Waals surface area contributed by atoms with Crippen molar-refractivity contribution < 1.29 is 9.47 Å². The summed E-state index contributed by atoms with van der Waals surface area (Å²) >= 11 is 0. The van der Waals surface area contributed by atoms with E-state index in [0.717, 1.165) is 17.7 Å². The Hall–Kier alpha value is -2.07. The molecule has 0 spiro atoms. The lowest BCUT2D eigenvalue weighted by Gasteiger charge is -2.12. The highest BCUT2D eigenvalue weighted by Gasteiger charge is 2.06. The molecule has 2 N–H and O–H groups in total. The van der Waals surface area contributed by atoms with E-state index >= 15 is 0 Å². The average Bonchev–Trinajstić information content (AvgIpc) is 2.41. The minimum atomic E-state index is 0.0998. The predicted molar refractivity (Wildman–Crippen MR) is 79.3 cm³/mol. The first-order valence-electron chi connectivity index (χ1n) is 6.78. The Bertz CT molecular complexity index is 556. The number of nitrogens with zero attached hydrogens (tertiary/aromatic N) is 1. The van der Waals surface area contributed by atoms with Crippen molar-refractivity contribution >= 4 is 0 Å². The number of pyridine rings is 1. The molecule has 20 heavy (non-hydrogen) atoms. The molecule has 1 atom stereocenters. The van der Waals surface area contributed by atoms with Crippen LogP contribution in [0.3, 0.4) is 0 Å². The summed E-state index contributed by atoms with van der Waals surface area (Å²) in [7, 11) is 0. The van der Waals surface area contributed by atoms with Gasteiger partial charge in [0.2, 0.25) is 0 Å². The summed E-state index contributed by atoms with van der Waals surface area (Å²) in [5.74, 6) is 2.11. The summed E-state index contributed by atoms with van der Waals surface area (Å²) in [6.07, 6.45) is 4.27. The zero-order valence-electron chi connectivity index (χ0n) is 11.9. The van der Waals surface area contributed by atoms with Gasteiger partial charge in [0.1, 0.15) is 5.75 Å². The third-order valence-electron chi connectivity index (χ3n) is 2.70. The summed E-state index contributed by atoms with van der Waals surface area (Å²) in [4.78, 5) is 4.19. The van der Waals surface area contributed by atoms with Crippen molar-refractivity contribution in [2.24, 2.45) is 5.73 Å². The van der Waals surface area contributed by atoms with Crippen molar-refractivity contribution in [3.63, 3.8) is 0 Å². The number of ether oxygens (including phenoxy) is 2. The molecule has 0 aliphatic rings. The van der Waals surface area contributed by atoms with Crippen molar-refractivity contribution in [1.29, 1.82) is 0 Å². The van der Waals surface area contributed by atoms with Crippen LogP contribution in [0.5, 0.6) is 17.2 Å². The molecule has 1 heterocycles. The monoisotopic (exact) mass is 272 g/mol. The van der Waals surface area contributed by atoms with Gasteiger partial charge in [-0.3, -0.25) is 4.98 Å². The second-order valence-electron chi connectivity index (χ2n) is 4.69. The molecule has 1 aromatic heterocycles. The fourth-order valence-electron chi connectivity index (χ4n) is 1.94. The molecule has 1 unspecified atom stereocenters. The Morgan fingerprint density at radius 3 is 2.65 bits per heavy atom. The first-order chi connectivity index (χ1) is 9.69. The van der Waals surface area contributed by atoms with Crippen molar-refractivity contribution in [3.8, 4) is 17.2 Å². The molecule has 4 heteroatoms. The first-order valence-corrected chi connectivity index (χ1v) is 6.78. The Balaban J connectivity index is 2.17. The fraction of sp³-hybridized carbons (Fsp3) is 0.312. The van der Waals surface area contributed by atoms with Gasteiger partial charge in [-0.2, -0.15) is 0 Å². The predicted octanol–water partition coefficient (Wildman–Crippen LogP) is 3.16. The van der Waals surface area contributed by atoms with E-state index in [1.54, 1.807) is 6.20 Å². The van der Waals surface area contributed by atoms with E-state index < -0.39 is 0 Å². The molecule has 0 fully saturated rings. The zero-order valence-corrected chi connectivity index (χ0v) is 11.9. The normalized spacial score (nSPS) is 11.9. The van der Waals surface area contributed by atoms with Gasteiger partial charge in [0.05, 0.1) is 12.8 Å². The van der Waals surface area contributed by atoms with Gasteiger partial charge in [-0.05, 0) is 44.0 Å². The van der Waals surface area contributed by atoms with Gasteiger partial charge in [0.15, 0.2) is 11.5 Å². The number of para-hydroxylation sites is 2. The van der Waals surface area contributed by atoms with Crippen LogP contribution in [-0.4, -0.2) is 17.6 Å². The van der Waals surface area contributed by atoms with Gasteiger partial charge in [-0.1, -0.05) is 12.1 Å². The molecule has 4 nitrogen and oxygen atoms in total. The fourth-order valence-corrected chi connectivity index (χ4v) is 1.94. The maximum Gasteiger partial charge on any atom is 0.169 e. The second-order valence-corrected chi connectivity index (χ2v) is 4.69. The maximum atomic E-state index is 5.86.